The Morgan fingerprint density at radius 2 is 1.70 bits per heavy atom. The second-order valence-corrected chi connectivity index (χ2v) is 14.7. The lowest BCUT2D eigenvalue weighted by Gasteiger charge is -2.56. The summed E-state index contributed by atoms with van der Waals surface area (Å²) < 4.78 is 13.0. The summed E-state index contributed by atoms with van der Waals surface area (Å²) in [6.45, 7) is 12.6. The maximum Gasteiger partial charge on any atom is 0.265 e. The zero-order chi connectivity index (χ0) is 42.3. The molecule has 0 radical (unpaired) electrons. The summed E-state index contributed by atoms with van der Waals surface area (Å²) in [6, 6.07) is 1.29. The smallest absolute Gasteiger partial charge is 0.265 e. The van der Waals surface area contributed by atoms with Crippen molar-refractivity contribution >= 4 is 11.7 Å². The van der Waals surface area contributed by atoms with Gasteiger partial charge in [-0.25, -0.2) is 0 Å². The molecule has 1 aliphatic heterocycles. The summed E-state index contributed by atoms with van der Waals surface area (Å²) in [5.74, 6) is -4.20. The number of nitrogens with one attached hydrogen (secondary N) is 1. The Labute approximate surface area is 331 Å². The van der Waals surface area contributed by atoms with Crippen molar-refractivity contribution in [3.05, 3.63) is 124 Å². The number of aromatic nitrogens is 1. The first-order valence-electron chi connectivity index (χ1n) is 18.8. The number of ketones is 1. The van der Waals surface area contributed by atoms with E-state index in [4.69, 9.17) is 9.47 Å². The Morgan fingerprint density at radius 1 is 1.04 bits per heavy atom. The van der Waals surface area contributed by atoms with E-state index in [-0.39, 0.29) is 42.7 Å². The molecule has 0 spiro atoms. The van der Waals surface area contributed by atoms with Crippen molar-refractivity contribution in [3.8, 4) is 5.75 Å². The number of amides is 1. The Kier molecular flexibility index (Phi) is 18.5. The van der Waals surface area contributed by atoms with Gasteiger partial charge in [-0.1, -0.05) is 106 Å². The SMILES string of the molecule is CC=CC=CC1(C)OC(O)(C(CC)C(=O)NCC=CC=C(C)C(OC)C(O)C(O)CC=CC=CC=CC=C(C)C(=O)c2c(O)ccn(C)c2=O)CC(O)C1(C)C. The van der Waals surface area contributed by atoms with Crippen molar-refractivity contribution in [2.75, 3.05) is 13.7 Å². The lowest BCUT2D eigenvalue weighted by Crippen LogP contribution is -2.65. The van der Waals surface area contributed by atoms with E-state index in [1.165, 1.54) is 37.1 Å². The van der Waals surface area contributed by atoms with Gasteiger partial charge in [-0.15, -0.1) is 0 Å². The van der Waals surface area contributed by atoms with Crippen molar-refractivity contribution in [1.29, 1.82) is 0 Å². The van der Waals surface area contributed by atoms with Crippen LogP contribution in [0.1, 0.15) is 78.1 Å². The largest absolute Gasteiger partial charge is 0.507 e. The van der Waals surface area contributed by atoms with E-state index in [0.29, 0.717) is 5.57 Å². The molecule has 1 aliphatic rings. The third-order valence-electron chi connectivity index (χ3n) is 10.4. The molecule has 12 nitrogen and oxygen atoms in total. The highest BCUT2D eigenvalue weighted by Gasteiger charge is 2.59. The summed E-state index contributed by atoms with van der Waals surface area (Å²) in [7, 11) is 2.93. The van der Waals surface area contributed by atoms with Gasteiger partial charge in [-0.2, -0.15) is 0 Å². The van der Waals surface area contributed by atoms with Crippen LogP contribution in [0.3, 0.4) is 0 Å². The molecule has 2 rings (SSSR count). The minimum Gasteiger partial charge on any atom is -0.507 e. The molecule has 56 heavy (non-hydrogen) atoms. The van der Waals surface area contributed by atoms with Gasteiger partial charge in [0.25, 0.3) is 5.56 Å². The van der Waals surface area contributed by atoms with Crippen LogP contribution >= 0.6 is 0 Å². The molecule has 0 saturated carbocycles. The molecule has 1 saturated heterocycles. The molecular weight excluding hydrogens is 716 g/mol. The predicted molar refractivity (Wildman–Crippen MR) is 219 cm³/mol. The molecule has 2 heterocycles. The molecule has 308 valence electrons. The standard InChI is InChI=1S/C44H62N2O10/c1-10-12-20-26-43(7)42(5,6)35(49)29-44(54,56-43)32(11-2)40(52)45-27-21-19-23-31(4)39(55-9)38(51)34(48)24-18-16-14-13-15-17-22-30(3)37(50)36-33(47)25-28-46(8)41(36)53/h10,12-23,25-26,28,32,34-35,38-39,47-49,51,54H,11,24,27,29H2,1-9H3,(H,45,52). The topological polar surface area (TPSA) is 188 Å². The molecule has 7 atom stereocenters. The van der Waals surface area contributed by atoms with Crippen molar-refractivity contribution < 1.29 is 44.6 Å². The number of methoxy groups -OCH3 is 1. The highest BCUT2D eigenvalue weighted by Crippen LogP contribution is 2.50. The molecule has 0 bridgehead atoms. The number of hydrogen-bond acceptors (Lipinski definition) is 10. The van der Waals surface area contributed by atoms with Crippen LogP contribution in [0.15, 0.2) is 113 Å². The number of allylic oxidation sites excluding steroid dienone is 12. The lowest BCUT2D eigenvalue weighted by molar-refractivity contribution is -0.344. The van der Waals surface area contributed by atoms with E-state index in [2.05, 4.69) is 5.32 Å². The summed E-state index contributed by atoms with van der Waals surface area (Å²) >= 11 is 0. The lowest BCUT2D eigenvalue weighted by atomic mass is 9.66. The monoisotopic (exact) mass is 778 g/mol. The fourth-order valence-corrected chi connectivity index (χ4v) is 6.32. The molecule has 0 aromatic carbocycles. The molecule has 1 aromatic rings. The first-order chi connectivity index (χ1) is 26.3. The Bertz CT molecular complexity index is 1800. The summed E-state index contributed by atoms with van der Waals surface area (Å²) in [6.07, 6.45) is 21.6. The van der Waals surface area contributed by atoms with Crippen LogP contribution in [-0.4, -0.2) is 91.2 Å². The minimum absolute atomic E-state index is 0.121. The number of rotatable bonds is 19. The molecule has 1 aromatic heterocycles. The van der Waals surface area contributed by atoms with E-state index < -0.39 is 64.4 Å². The van der Waals surface area contributed by atoms with E-state index in [0.717, 1.165) is 0 Å². The molecule has 6 N–H and O–H groups in total. The number of aliphatic hydroxyl groups is 4. The van der Waals surface area contributed by atoms with E-state index in [1.807, 2.05) is 32.9 Å². The number of aliphatic hydroxyl groups excluding tert-OH is 3. The molecular formula is C44H62N2O10. The maximum absolute atomic E-state index is 13.3. The van der Waals surface area contributed by atoms with E-state index >= 15 is 0 Å². The van der Waals surface area contributed by atoms with Crippen LogP contribution in [0.5, 0.6) is 5.75 Å². The summed E-state index contributed by atoms with van der Waals surface area (Å²) in [5, 5.41) is 56.9. The van der Waals surface area contributed by atoms with Gasteiger partial charge in [0.2, 0.25) is 5.91 Å². The number of Topliss-reactive ketones (excluding diaryl/α,β-unsaturated/α-hetero) is 1. The third kappa shape index (κ3) is 12.3. The number of ether oxygens (including phenoxy) is 2. The summed E-state index contributed by atoms with van der Waals surface area (Å²) in [5.41, 5.74) is -1.75. The molecule has 0 aliphatic carbocycles. The maximum atomic E-state index is 13.3. The first kappa shape index (κ1) is 47.7. The Morgan fingerprint density at radius 3 is 2.34 bits per heavy atom. The van der Waals surface area contributed by atoms with Gasteiger partial charge in [0.15, 0.2) is 11.6 Å². The average Bonchev–Trinajstić information content (AvgIpc) is 3.13. The van der Waals surface area contributed by atoms with Gasteiger partial charge in [-0.05, 0) is 57.7 Å². The number of nitrogens with zero attached hydrogens (tertiary/aromatic N) is 1. The number of aryl methyl sites for hydroxylation is 1. The molecule has 7 unspecified atom stereocenters. The normalized spacial score (nSPS) is 24.6. The number of carbonyl (C=O) groups is 2. The third-order valence-corrected chi connectivity index (χ3v) is 10.4. The average molecular weight is 779 g/mol. The van der Waals surface area contributed by atoms with Gasteiger partial charge in [-0.3, -0.25) is 14.4 Å². The number of carbonyl (C=O) groups excluding carboxylic acids is 2. The van der Waals surface area contributed by atoms with Crippen LogP contribution < -0.4 is 10.9 Å². The van der Waals surface area contributed by atoms with Gasteiger partial charge < -0.3 is 44.9 Å². The van der Waals surface area contributed by atoms with Crippen molar-refractivity contribution in [2.24, 2.45) is 18.4 Å². The van der Waals surface area contributed by atoms with Gasteiger partial charge in [0.05, 0.1) is 23.7 Å². The van der Waals surface area contributed by atoms with Crippen molar-refractivity contribution in [2.45, 2.75) is 104 Å². The van der Waals surface area contributed by atoms with Crippen LogP contribution in [0, 0.1) is 11.3 Å². The second-order valence-electron chi connectivity index (χ2n) is 14.7. The van der Waals surface area contributed by atoms with Crippen LogP contribution in [-0.2, 0) is 21.3 Å². The zero-order valence-electron chi connectivity index (χ0n) is 34.2. The summed E-state index contributed by atoms with van der Waals surface area (Å²) in [4.78, 5) is 38.2. The Hall–Kier alpha value is -4.43. The van der Waals surface area contributed by atoms with E-state index in [9.17, 15) is 39.9 Å². The van der Waals surface area contributed by atoms with Crippen molar-refractivity contribution in [3.63, 3.8) is 0 Å². The second kappa shape index (κ2) is 21.8. The quantitative estimate of drug-likeness (QED) is 0.0631. The van der Waals surface area contributed by atoms with Gasteiger partial charge in [0, 0.05) is 38.7 Å². The van der Waals surface area contributed by atoms with Gasteiger partial charge in [0.1, 0.15) is 23.5 Å². The van der Waals surface area contributed by atoms with Crippen LogP contribution in [0.4, 0.5) is 0 Å². The fraction of sp³-hybridized carbons (Fsp3) is 0.477. The fourth-order valence-electron chi connectivity index (χ4n) is 6.32. The van der Waals surface area contributed by atoms with Crippen LogP contribution in [0.2, 0.25) is 0 Å². The molecule has 1 fully saturated rings. The predicted octanol–water partition coefficient (Wildman–Crippen LogP) is 5.05. The molecule has 1 amide bonds. The zero-order valence-corrected chi connectivity index (χ0v) is 34.2. The van der Waals surface area contributed by atoms with Gasteiger partial charge >= 0.3 is 0 Å². The number of hydrogen-bond donors (Lipinski definition) is 6. The van der Waals surface area contributed by atoms with E-state index in [1.54, 1.807) is 94.5 Å². The minimum atomic E-state index is -1.90. The number of pyridine rings is 1. The molecule has 12 heteroatoms. The number of aromatic hydroxyl groups is 1. The first-order valence-corrected chi connectivity index (χ1v) is 18.8. The Balaban J connectivity index is 1.94. The van der Waals surface area contributed by atoms with Crippen molar-refractivity contribution in [1.82, 2.24) is 9.88 Å². The highest BCUT2D eigenvalue weighted by molar-refractivity contribution is 6.09. The van der Waals surface area contributed by atoms with Crippen LogP contribution in [0.25, 0.3) is 0 Å². The highest BCUT2D eigenvalue weighted by atomic mass is 16.6.